The van der Waals surface area contributed by atoms with Crippen molar-refractivity contribution in [2.75, 3.05) is 6.61 Å². The van der Waals surface area contributed by atoms with Gasteiger partial charge in [-0.3, -0.25) is 0 Å². The molecule has 0 aromatic heterocycles. The van der Waals surface area contributed by atoms with Gasteiger partial charge in [-0.2, -0.15) is 0 Å². The molecule has 4 aliphatic carbocycles. The highest BCUT2D eigenvalue weighted by Crippen LogP contribution is 2.68. The van der Waals surface area contributed by atoms with Gasteiger partial charge in [-0.15, -0.1) is 0 Å². The maximum absolute atomic E-state index is 10.3. The lowest BCUT2D eigenvalue weighted by Crippen LogP contribution is -2.63. The fourth-order valence-electron chi connectivity index (χ4n) is 6.81. The summed E-state index contributed by atoms with van der Waals surface area (Å²) in [5.41, 5.74) is -0.260. The van der Waals surface area contributed by atoms with E-state index in [9.17, 15) is 5.11 Å². The van der Waals surface area contributed by atoms with E-state index in [1.54, 1.807) is 0 Å². The Morgan fingerprint density at radius 2 is 1.52 bits per heavy atom. The molecule has 2 heterocycles. The van der Waals surface area contributed by atoms with Crippen LogP contribution in [0.1, 0.15) is 52.4 Å². The van der Waals surface area contributed by atoms with Crippen LogP contribution >= 0.6 is 0 Å². The van der Waals surface area contributed by atoms with E-state index in [1.165, 1.54) is 38.5 Å². The lowest BCUT2D eigenvalue weighted by atomic mass is 9.45. The smallest absolute Gasteiger partial charge is 0.184 e. The van der Waals surface area contributed by atoms with Gasteiger partial charge in [0, 0.05) is 5.41 Å². The Hall–Kier alpha value is -0.160. The zero-order valence-corrected chi connectivity index (χ0v) is 13.0. The highest BCUT2D eigenvalue weighted by atomic mass is 16.8. The fraction of sp³-hybridized carbons (Fsp3) is 1.00. The Morgan fingerprint density at radius 3 is 2.10 bits per heavy atom. The van der Waals surface area contributed by atoms with Crippen LogP contribution < -0.4 is 0 Å². The molecule has 2 aliphatic heterocycles. The number of ether oxygens (including phenoxy) is 3. The van der Waals surface area contributed by atoms with E-state index in [-0.39, 0.29) is 11.5 Å². The Bertz CT molecular complexity index is 438. The summed E-state index contributed by atoms with van der Waals surface area (Å²) in [7, 11) is 0. The van der Waals surface area contributed by atoms with Crippen LogP contribution in [0.3, 0.4) is 0 Å². The van der Waals surface area contributed by atoms with Crippen molar-refractivity contribution in [3.8, 4) is 0 Å². The Balaban J connectivity index is 1.59. The van der Waals surface area contributed by atoms with Crippen molar-refractivity contribution < 1.29 is 19.3 Å². The van der Waals surface area contributed by atoms with Gasteiger partial charge in [0.1, 0.15) is 11.7 Å². The zero-order valence-electron chi connectivity index (χ0n) is 13.0. The first kappa shape index (κ1) is 13.3. The van der Waals surface area contributed by atoms with Crippen LogP contribution in [0.15, 0.2) is 0 Å². The van der Waals surface area contributed by atoms with Gasteiger partial charge in [0.15, 0.2) is 12.1 Å². The molecule has 4 bridgehead atoms. The quantitative estimate of drug-likeness (QED) is 0.807. The normalized spacial score (nSPS) is 60.4. The Kier molecular flexibility index (Phi) is 2.43. The Morgan fingerprint density at radius 1 is 0.952 bits per heavy atom. The summed E-state index contributed by atoms with van der Waals surface area (Å²) in [4.78, 5) is 0. The number of fused-ring (bicyclic) bond motifs is 1. The molecule has 4 saturated carbocycles. The van der Waals surface area contributed by atoms with Crippen LogP contribution in [0.4, 0.5) is 0 Å². The second-order valence-corrected chi connectivity index (χ2v) is 8.83. The lowest BCUT2D eigenvalue weighted by Gasteiger charge is -2.62. The maximum Gasteiger partial charge on any atom is 0.184 e. The Labute approximate surface area is 126 Å². The molecule has 4 nitrogen and oxygen atoms in total. The van der Waals surface area contributed by atoms with Gasteiger partial charge in [-0.05, 0) is 70.1 Å². The van der Waals surface area contributed by atoms with Crippen molar-refractivity contribution in [1.82, 2.24) is 0 Å². The van der Waals surface area contributed by atoms with Crippen molar-refractivity contribution >= 4 is 0 Å². The molecular weight excluding hydrogens is 268 g/mol. The van der Waals surface area contributed by atoms with Gasteiger partial charge in [-0.1, -0.05) is 0 Å². The van der Waals surface area contributed by atoms with Gasteiger partial charge in [0.05, 0.1) is 6.61 Å². The van der Waals surface area contributed by atoms with Crippen molar-refractivity contribution in [3.05, 3.63) is 0 Å². The molecule has 6 aliphatic rings. The van der Waals surface area contributed by atoms with Crippen LogP contribution in [0.25, 0.3) is 0 Å². The SMILES string of the molecule is CC1(C)O[C@@H]2[C@@H](O)OC[C@]2(C23CC4CC(CC(C4)C2)C3)O1. The van der Waals surface area contributed by atoms with Crippen LogP contribution in [0.2, 0.25) is 0 Å². The minimum absolute atomic E-state index is 0.164. The largest absolute Gasteiger partial charge is 0.366 e. The summed E-state index contributed by atoms with van der Waals surface area (Å²) < 4.78 is 18.2. The van der Waals surface area contributed by atoms with E-state index in [4.69, 9.17) is 14.2 Å². The monoisotopic (exact) mass is 294 g/mol. The number of hydrogen-bond acceptors (Lipinski definition) is 4. The van der Waals surface area contributed by atoms with Crippen LogP contribution in [0.5, 0.6) is 0 Å². The molecule has 1 N–H and O–H groups in total. The van der Waals surface area contributed by atoms with Crippen molar-refractivity contribution in [3.63, 3.8) is 0 Å². The molecule has 0 unspecified atom stereocenters. The van der Waals surface area contributed by atoms with E-state index < -0.39 is 17.7 Å². The average Bonchev–Trinajstić information content (AvgIpc) is 2.82. The van der Waals surface area contributed by atoms with Crippen LogP contribution in [-0.2, 0) is 14.2 Å². The van der Waals surface area contributed by atoms with Gasteiger partial charge in [0.2, 0.25) is 0 Å². The summed E-state index contributed by atoms with van der Waals surface area (Å²) >= 11 is 0. The second-order valence-electron chi connectivity index (χ2n) is 8.83. The van der Waals surface area contributed by atoms with Crippen molar-refractivity contribution in [2.24, 2.45) is 23.2 Å². The molecule has 6 fully saturated rings. The third-order valence-electron chi connectivity index (χ3n) is 6.96. The molecule has 21 heavy (non-hydrogen) atoms. The molecule has 0 amide bonds. The highest BCUT2D eigenvalue weighted by Gasteiger charge is 2.72. The van der Waals surface area contributed by atoms with Crippen LogP contribution in [0, 0.1) is 23.2 Å². The fourth-order valence-corrected chi connectivity index (χ4v) is 6.81. The maximum atomic E-state index is 10.3. The first-order valence-corrected chi connectivity index (χ1v) is 8.59. The molecule has 6 rings (SSSR count). The molecule has 0 spiro atoms. The van der Waals surface area contributed by atoms with Gasteiger partial charge in [-0.25, -0.2) is 0 Å². The van der Waals surface area contributed by atoms with Gasteiger partial charge >= 0.3 is 0 Å². The minimum atomic E-state index is -0.834. The number of aliphatic hydroxyl groups is 1. The molecule has 2 saturated heterocycles. The first-order chi connectivity index (χ1) is 9.91. The minimum Gasteiger partial charge on any atom is -0.366 e. The van der Waals surface area contributed by atoms with Gasteiger partial charge < -0.3 is 19.3 Å². The van der Waals surface area contributed by atoms with E-state index in [2.05, 4.69) is 0 Å². The molecule has 0 aromatic carbocycles. The predicted molar refractivity (Wildman–Crippen MR) is 75.3 cm³/mol. The predicted octanol–water partition coefficient (Wildman–Crippen LogP) is 2.44. The van der Waals surface area contributed by atoms with Crippen molar-refractivity contribution in [1.29, 1.82) is 0 Å². The van der Waals surface area contributed by atoms with E-state index in [0.29, 0.717) is 6.61 Å². The summed E-state index contributed by atoms with van der Waals surface area (Å²) in [5.74, 6) is 1.96. The number of aliphatic hydroxyl groups excluding tert-OH is 1. The van der Waals surface area contributed by atoms with E-state index >= 15 is 0 Å². The number of hydrogen-bond donors (Lipinski definition) is 1. The standard InChI is InChI=1S/C17H26O4/c1-15(2)20-13-14(18)19-9-17(13,21-15)16-6-10-3-11(7-16)5-12(4-10)8-16/h10-14,18H,3-9H2,1-2H3/t10?,11?,12?,13-,14+,16?,17+/m1/s1. The summed E-state index contributed by atoms with van der Waals surface area (Å²) in [6, 6.07) is 0. The molecule has 0 aromatic rings. The summed E-state index contributed by atoms with van der Waals surface area (Å²) in [6.45, 7) is 4.44. The number of rotatable bonds is 1. The first-order valence-electron chi connectivity index (χ1n) is 8.59. The molecule has 3 atom stereocenters. The zero-order chi connectivity index (χ0) is 14.5. The van der Waals surface area contributed by atoms with E-state index in [0.717, 1.165) is 17.8 Å². The average molecular weight is 294 g/mol. The van der Waals surface area contributed by atoms with E-state index in [1.807, 2.05) is 13.8 Å². The third kappa shape index (κ3) is 1.60. The molecule has 0 radical (unpaired) electrons. The second kappa shape index (κ2) is 3.84. The summed E-state index contributed by atoms with van der Waals surface area (Å²) in [6.07, 6.45) is 6.80. The van der Waals surface area contributed by atoms with Crippen LogP contribution in [-0.4, -0.2) is 35.5 Å². The molecule has 4 heteroatoms. The third-order valence-corrected chi connectivity index (χ3v) is 6.96. The molecule has 118 valence electrons. The highest BCUT2D eigenvalue weighted by molar-refractivity contribution is 5.18. The summed E-state index contributed by atoms with van der Waals surface area (Å²) in [5, 5.41) is 10.3. The topological polar surface area (TPSA) is 47.9 Å². The molecular formula is C17H26O4. The van der Waals surface area contributed by atoms with Crippen molar-refractivity contribution in [2.45, 2.75) is 76.2 Å². The van der Waals surface area contributed by atoms with Gasteiger partial charge in [0.25, 0.3) is 0 Å². The lowest BCUT2D eigenvalue weighted by molar-refractivity contribution is -0.243.